The van der Waals surface area contributed by atoms with Gasteiger partial charge in [-0.25, -0.2) is 10.1 Å². The Morgan fingerprint density at radius 3 is 2.70 bits per heavy atom. The highest BCUT2D eigenvalue weighted by molar-refractivity contribution is 6.05. The Kier molecular flexibility index (Phi) is 5.05. The van der Waals surface area contributed by atoms with Crippen LogP contribution in [0.2, 0.25) is 0 Å². The molecule has 0 unspecified atom stereocenters. The second-order valence-electron chi connectivity index (χ2n) is 7.68. The summed E-state index contributed by atoms with van der Waals surface area (Å²) in [6.07, 6.45) is 8.44. The number of hydrogen-bond donors (Lipinski definition) is 1. The molecule has 1 aromatic heterocycles. The second kappa shape index (κ2) is 7.62. The van der Waals surface area contributed by atoms with Crippen LogP contribution in [0.1, 0.15) is 62.4 Å². The molecule has 1 aromatic carbocycles. The summed E-state index contributed by atoms with van der Waals surface area (Å²) in [4.78, 5) is 25.2. The van der Waals surface area contributed by atoms with E-state index in [9.17, 15) is 9.59 Å². The van der Waals surface area contributed by atoms with E-state index >= 15 is 0 Å². The smallest absolute Gasteiger partial charge is 0.267 e. The van der Waals surface area contributed by atoms with Crippen molar-refractivity contribution in [2.24, 2.45) is 16.9 Å². The van der Waals surface area contributed by atoms with Crippen LogP contribution in [0.5, 0.6) is 0 Å². The zero-order valence-corrected chi connectivity index (χ0v) is 15.8. The van der Waals surface area contributed by atoms with Crippen LogP contribution in [0, 0.1) is 11.8 Å². The summed E-state index contributed by atoms with van der Waals surface area (Å²) in [6, 6.07) is 7.11. The molecule has 2 atom stereocenters. The summed E-state index contributed by atoms with van der Waals surface area (Å²) < 4.78 is 1.33. The van der Waals surface area contributed by atoms with Gasteiger partial charge >= 0.3 is 0 Å². The average Bonchev–Trinajstić information content (AvgIpc) is 2.72. The Morgan fingerprint density at radius 1 is 1.19 bits per heavy atom. The number of hydrazone groups is 1. The van der Waals surface area contributed by atoms with Crippen molar-refractivity contribution < 1.29 is 4.79 Å². The van der Waals surface area contributed by atoms with E-state index in [2.05, 4.69) is 15.6 Å². The third-order valence-electron chi connectivity index (χ3n) is 6.07. The molecule has 0 bridgehead atoms. The quantitative estimate of drug-likeness (QED) is 0.845. The van der Waals surface area contributed by atoms with Gasteiger partial charge in [-0.1, -0.05) is 37.5 Å². The third-order valence-corrected chi connectivity index (χ3v) is 6.07. The first-order chi connectivity index (χ1) is 13.2. The minimum absolute atomic E-state index is 0.174. The third kappa shape index (κ3) is 3.53. The number of carbonyl (C=O) groups excluding carboxylic acids is 1. The van der Waals surface area contributed by atoms with Gasteiger partial charge in [0.15, 0.2) is 5.69 Å². The topological polar surface area (TPSA) is 76.3 Å². The minimum Gasteiger partial charge on any atom is -0.267 e. The van der Waals surface area contributed by atoms with E-state index in [1.807, 2.05) is 13.0 Å². The first-order valence-electron chi connectivity index (χ1n) is 10.0. The fourth-order valence-electron chi connectivity index (χ4n) is 4.59. The summed E-state index contributed by atoms with van der Waals surface area (Å²) in [5.74, 6) is 1.21. The molecule has 4 rings (SSSR count). The molecule has 142 valence electrons. The predicted molar refractivity (Wildman–Crippen MR) is 106 cm³/mol. The van der Waals surface area contributed by atoms with E-state index in [-0.39, 0.29) is 17.2 Å². The van der Waals surface area contributed by atoms with Gasteiger partial charge in [-0.2, -0.15) is 10.2 Å². The highest BCUT2D eigenvalue weighted by Crippen LogP contribution is 2.39. The molecule has 0 saturated heterocycles. The molecule has 0 aliphatic heterocycles. The molecular weight excluding hydrogens is 340 g/mol. The molecule has 2 saturated carbocycles. The lowest BCUT2D eigenvalue weighted by atomic mass is 9.70. The van der Waals surface area contributed by atoms with Gasteiger partial charge in [-0.15, -0.1) is 0 Å². The molecule has 1 heterocycles. The SMILES string of the molecule is CCn1nc(C(=O)N/N=C2/CC[C@@H]3CCCC[C@@H]3C2)c2ccccc2c1=O. The van der Waals surface area contributed by atoms with Gasteiger partial charge < -0.3 is 0 Å². The highest BCUT2D eigenvalue weighted by Gasteiger charge is 2.30. The van der Waals surface area contributed by atoms with Crippen molar-refractivity contribution in [2.45, 2.75) is 58.4 Å². The van der Waals surface area contributed by atoms with Gasteiger partial charge in [-0.05, 0) is 50.5 Å². The van der Waals surface area contributed by atoms with E-state index in [0.29, 0.717) is 17.3 Å². The first kappa shape index (κ1) is 17.9. The maximum Gasteiger partial charge on any atom is 0.292 e. The molecule has 2 aliphatic rings. The van der Waals surface area contributed by atoms with Crippen LogP contribution in [0.3, 0.4) is 0 Å². The molecule has 2 fully saturated rings. The van der Waals surface area contributed by atoms with E-state index in [1.54, 1.807) is 18.2 Å². The fourth-order valence-corrected chi connectivity index (χ4v) is 4.59. The summed E-state index contributed by atoms with van der Waals surface area (Å²) in [6.45, 7) is 2.26. The lowest BCUT2D eigenvalue weighted by molar-refractivity contribution is 0.0948. The predicted octanol–water partition coefficient (Wildman–Crippen LogP) is 3.49. The van der Waals surface area contributed by atoms with Crippen LogP contribution < -0.4 is 11.0 Å². The van der Waals surface area contributed by atoms with Crippen LogP contribution in [0.25, 0.3) is 10.8 Å². The molecule has 27 heavy (non-hydrogen) atoms. The number of aromatic nitrogens is 2. The van der Waals surface area contributed by atoms with E-state index < -0.39 is 0 Å². The maximum absolute atomic E-state index is 12.8. The lowest BCUT2D eigenvalue weighted by Gasteiger charge is -2.35. The van der Waals surface area contributed by atoms with E-state index in [0.717, 1.165) is 30.4 Å². The molecule has 6 heteroatoms. The molecule has 2 aliphatic carbocycles. The Hall–Kier alpha value is -2.50. The van der Waals surface area contributed by atoms with E-state index in [4.69, 9.17) is 0 Å². The van der Waals surface area contributed by atoms with Crippen molar-refractivity contribution in [3.8, 4) is 0 Å². The van der Waals surface area contributed by atoms with Crippen LogP contribution in [0.4, 0.5) is 0 Å². The van der Waals surface area contributed by atoms with Crippen molar-refractivity contribution >= 4 is 22.4 Å². The number of carbonyl (C=O) groups is 1. The maximum atomic E-state index is 12.8. The van der Waals surface area contributed by atoms with Gasteiger partial charge in [0.2, 0.25) is 0 Å². The number of aryl methyl sites for hydroxylation is 1. The Balaban J connectivity index is 1.57. The summed E-state index contributed by atoms with van der Waals surface area (Å²) >= 11 is 0. The van der Waals surface area contributed by atoms with Crippen LogP contribution in [-0.4, -0.2) is 21.4 Å². The van der Waals surface area contributed by atoms with Crippen molar-refractivity contribution in [1.29, 1.82) is 0 Å². The normalized spacial score (nSPS) is 24.0. The van der Waals surface area contributed by atoms with E-state index in [1.165, 1.54) is 36.8 Å². The van der Waals surface area contributed by atoms with Gasteiger partial charge in [0, 0.05) is 17.6 Å². The molecule has 2 aromatic rings. The van der Waals surface area contributed by atoms with Crippen molar-refractivity contribution in [2.75, 3.05) is 0 Å². The van der Waals surface area contributed by atoms with Crippen LogP contribution >= 0.6 is 0 Å². The largest absolute Gasteiger partial charge is 0.292 e. The number of rotatable bonds is 3. The second-order valence-corrected chi connectivity index (χ2v) is 7.68. The molecule has 0 spiro atoms. The Labute approximate surface area is 158 Å². The lowest BCUT2D eigenvalue weighted by Crippen LogP contribution is -2.31. The van der Waals surface area contributed by atoms with Crippen LogP contribution in [-0.2, 0) is 6.54 Å². The molecule has 1 amide bonds. The van der Waals surface area contributed by atoms with Gasteiger partial charge in [0.1, 0.15) is 0 Å². The fraction of sp³-hybridized carbons (Fsp3) is 0.524. The average molecular weight is 366 g/mol. The summed E-state index contributed by atoms with van der Waals surface area (Å²) in [5, 5.41) is 9.78. The van der Waals surface area contributed by atoms with Gasteiger partial charge in [-0.3, -0.25) is 9.59 Å². The Bertz CT molecular complexity index is 947. The van der Waals surface area contributed by atoms with Crippen LogP contribution in [0.15, 0.2) is 34.2 Å². The number of hydrogen-bond acceptors (Lipinski definition) is 4. The van der Waals surface area contributed by atoms with Gasteiger partial charge in [0.05, 0.1) is 5.39 Å². The number of nitrogens with one attached hydrogen (secondary N) is 1. The monoisotopic (exact) mass is 366 g/mol. The molecule has 1 N–H and O–H groups in total. The minimum atomic E-state index is -0.355. The van der Waals surface area contributed by atoms with Crippen molar-refractivity contribution in [3.63, 3.8) is 0 Å². The number of benzene rings is 1. The number of amides is 1. The molecule has 6 nitrogen and oxygen atoms in total. The highest BCUT2D eigenvalue weighted by atomic mass is 16.2. The van der Waals surface area contributed by atoms with Crippen molar-refractivity contribution in [3.05, 3.63) is 40.3 Å². The van der Waals surface area contributed by atoms with Gasteiger partial charge in [0.25, 0.3) is 11.5 Å². The Morgan fingerprint density at radius 2 is 1.93 bits per heavy atom. The van der Waals surface area contributed by atoms with Crippen molar-refractivity contribution in [1.82, 2.24) is 15.2 Å². The summed E-state index contributed by atoms with van der Waals surface area (Å²) in [7, 11) is 0. The zero-order valence-electron chi connectivity index (χ0n) is 15.8. The standard InChI is InChI=1S/C21H26N4O2/c1-2-25-21(27)18-10-6-5-9-17(18)19(24-25)20(26)23-22-16-12-11-14-7-3-4-8-15(14)13-16/h5-6,9-10,14-15H,2-4,7-8,11-13H2,1H3,(H,23,26)/b22-16-/t14-,15+/m0/s1. The summed E-state index contributed by atoms with van der Waals surface area (Å²) in [5.41, 5.74) is 3.86. The number of nitrogens with zero attached hydrogens (tertiary/aromatic N) is 3. The number of fused-ring (bicyclic) bond motifs is 2. The first-order valence-corrected chi connectivity index (χ1v) is 10.0. The molecule has 0 radical (unpaired) electrons. The molecular formula is C21H26N4O2. The zero-order chi connectivity index (χ0) is 18.8.